The lowest BCUT2D eigenvalue weighted by atomic mass is 9.84. The van der Waals surface area contributed by atoms with Crippen LogP contribution in [0.15, 0.2) is 48.5 Å². The lowest BCUT2D eigenvalue weighted by Crippen LogP contribution is -2.41. The molecule has 202 valence electrons. The van der Waals surface area contributed by atoms with E-state index in [1.807, 2.05) is 44.3 Å². The summed E-state index contributed by atoms with van der Waals surface area (Å²) in [4.78, 5) is 14.6. The monoisotopic (exact) mass is 544 g/mol. The number of hydrogen-bond acceptors (Lipinski definition) is 5. The summed E-state index contributed by atoms with van der Waals surface area (Å²) in [6.07, 6.45) is 2.01. The minimum Gasteiger partial charge on any atom is -0.486 e. The predicted molar refractivity (Wildman–Crippen MR) is 151 cm³/mol. The largest absolute Gasteiger partial charge is 0.486 e. The molecule has 1 N–H and O–H groups in total. The molecular formula is C31H33ClN4O3. The average molecular weight is 545 g/mol. The van der Waals surface area contributed by atoms with Crippen LogP contribution in [0, 0.1) is 6.92 Å². The van der Waals surface area contributed by atoms with Crippen LogP contribution in [0.1, 0.15) is 72.0 Å². The highest BCUT2D eigenvalue weighted by Crippen LogP contribution is 2.43. The molecule has 1 aliphatic carbocycles. The number of benzene rings is 3. The number of carbonyl (C=O) groups is 1. The molecule has 0 fully saturated rings. The number of carboxylic acid groups (broad SMARTS) is 1. The summed E-state index contributed by atoms with van der Waals surface area (Å²) < 4.78 is 8.16. The molecule has 0 bridgehead atoms. The van der Waals surface area contributed by atoms with Crippen LogP contribution < -0.4 is 4.74 Å². The molecule has 1 aromatic heterocycles. The van der Waals surface area contributed by atoms with Gasteiger partial charge in [-0.3, -0.25) is 9.69 Å². The van der Waals surface area contributed by atoms with Crippen molar-refractivity contribution in [1.82, 2.24) is 19.9 Å². The van der Waals surface area contributed by atoms with Gasteiger partial charge in [-0.05, 0) is 85.7 Å². The maximum Gasteiger partial charge on any atom is 0.304 e. The van der Waals surface area contributed by atoms with Crippen molar-refractivity contribution in [3.63, 3.8) is 0 Å². The normalized spacial score (nSPS) is 19.3. The van der Waals surface area contributed by atoms with Crippen molar-refractivity contribution in [3.05, 3.63) is 86.9 Å². The first-order chi connectivity index (χ1) is 18.6. The zero-order chi connectivity index (χ0) is 27.5. The van der Waals surface area contributed by atoms with Crippen LogP contribution in [0.5, 0.6) is 5.75 Å². The maximum absolute atomic E-state index is 12.1. The number of hydrogen-bond donors (Lipinski definition) is 1. The number of aliphatic carboxylic acids is 1. The van der Waals surface area contributed by atoms with Crippen molar-refractivity contribution in [2.75, 3.05) is 6.54 Å². The van der Waals surface area contributed by atoms with E-state index in [1.54, 1.807) is 4.68 Å². The molecule has 2 aliphatic rings. The fourth-order valence-corrected chi connectivity index (χ4v) is 6.68. The molecule has 6 rings (SSSR count). The molecule has 0 radical (unpaired) electrons. The molecule has 2 unspecified atom stereocenters. The van der Waals surface area contributed by atoms with Crippen molar-refractivity contribution in [3.8, 4) is 5.75 Å². The second-order valence-electron chi connectivity index (χ2n) is 11.5. The van der Waals surface area contributed by atoms with Crippen LogP contribution in [0.4, 0.5) is 0 Å². The molecule has 0 saturated carbocycles. The van der Waals surface area contributed by atoms with Crippen molar-refractivity contribution in [2.45, 2.75) is 64.1 Å². The Labute approximate surface area is 233 Å². The van der Waals surface area contributed by atoms with E-state index in [9.17, 15) is 9.90 Å². The number of aromatic nitrogens is 3. The van der Waals surface area contributed by atoms with Gasteiger partial charge in [0.1, 0.15) is 16.9 Å². The summed E-state index contributed by atoms with van der Waals surface area (Å²) in [7, 11) is 1.87. The molecule has 0 saturated heterocycles. The Hall–Kier alpha value is -3.42. The molecule has 2 heterocycles. The summed E-state index contributed by atoms with van der Waals surface area (Å²) in [6.45, 7) is 7.79. The number of aryl methyl sites for hydroxylation is 3. The average Bonchev–Trinajstić information content (AvgIpc) is 3.44. The fourth-order valence-electron chi connectivity index (χ4n) is 6.49. The smallest absolute Gasteiger partial charge is 0.304 e. The van der Waals surface area contributed by atoms with Crippen molar-refractivity contribution in [2.24, 2.45) is 7.05 Å². The maximum atomic E-state index is 12.1. The lowest BCUT2D eigenvalue weighted by Gasteiger charge is -2.34. The fraction of sp³-hybridized carbons (Fsp3) is 0.387. The van der Waals surface area contributed by atoms with Gasteiger partial charge >= 0.3 is 5.97 Å². The topological polar surface area (TPSA) is 80.5 Å². The Bertz CT molecular complexity index is 1590. The highest BCUT2D eigenvalue weighted by molar-refractivity contribution is 6.30. The van der Waals surface area contributed by atoms with E-state index >= 15 is 0 Å². The van der Waals surface area contributed by atoms with Gasteiger partial charge in [-0.1, -0.05) is 41.1 Å². The molecule has 8 heteroatoms. The van der Waals surface area contributed by atoms with Gasteiger partial charge in [0.15, 0.2) is 0 Å². The van der Waals surface area contributed by atoms with Gasteiger partial charge < -0.3 is 9.84 Å². The number of nitrogens with zero attached hydrogens (tertiary/aromatic N) is 4. The minimum atomic E-state index is -0.824. The van der Waals surface area contributed by atoms with E-state index in [1.165, 1.54) is 11.1 Å². The van der Waals surface area contributed by atoms with Crippen LogP contribution in [-0.4, -0.2) is 43.1 Å². The van der Waals surface area contributed by atoms with Crippen molar-refractivity contribution >= 4 is 28.6 Å². The Morgan fingerprint density at radius 1 is 1.18 bits per heavy atom. The van der Waals surface area contributed by atoms with Gasteiger partial charge in [0.2, 0.25) is 0 Å². The third-order valence-corrected chi connectivity index (χ3v) is 8.49. The Morgan fingerprint density at radius 3 is 2.79 bits per heavy atom. The van der Waals surface area contributed by atoms with E-state index in [0.29, 0.717) is 5.02 Å². The highest BCUT2D eigenvalue weighted by Gasteiger charge is 2.36. The first-order valence-corrected chi connectivity index (χ1v) is 13.8. The Balaban J connectivity index is 1.40. The number of rotatable bonds is 5. The molecule has 39 heavy (non-hydrogen) atoms. The molecule has 2 atom stereocenters. The summed E-state index contributed by atoms with van der Waals surface area (Å²) in [5.41, 5.74) is 8.05. The third-order valence-electron chi connectivity index (χ3n) is 8.26. The summed E-state index contributed by atoms with van der Waals surface area (Å²) in [6, 6.07) is 16.6. The Kier molecular flexibility index (Phi) is 6.39. The second-order valence-corrected chi connectivity index (χ2v) is 12.0. The van der Waals surface area contributed by atoms with Crippen LogP contribution in [0.2, 0.25) is 5.02 Å². The van der Waals surface area contributed by atoms with Crippen LogP contribution in [0.25, 0.3) is 11.0 Å². The summed E-state index contributed by atoms with van der Waals surface area (Å²) >= 11 is 6.36. The number of ether oxygens (including phenoxy) is 1. The van der Waals surface area contributed by atoms with Crippen LogP contribution in [0.3, 0.4) is 0 Å². The van der Waals surface area contributed by atoms with E-state index < -0.39 is 5.97 Å². The van der Waals surface area contributed by atoms with E-state index in [2.05, 4.69) is 47.3 Å². The molecule has 0 amide bonds. The van der Waals surface area contributed by atoms with Crippen LogP contribution in [-0.2, 0) is 24.8 Å². The van der Waals surface area contributed by atoms with E-state index in [4.69, 9.17) is 16.3 Å². The number of carboxylic acids is 1. The first kappa shape index (κ1) is 25.8. The zero-order valence-electron chi connectivity index (χ0n) is 22.7. The number of fused-ring (bicyclic) bond motifs is 3. The molecule has 0 spiro atoms. The quantitative estimate of drug-likeness (QED) is 0.322. The second kappa shape index (κ2) is 9.65. The Morgan fingerprint density at radius 2 is 2.00 bits per heavy atom. The third kappa shape index (κ3) is 4.79. The van der Waals surface area contributed by atoms with E-state index in [-0.39, 0.29) is 24.0 Å². The number of halogens is 1. The molecule has 3 aromatic carbocycles. The molecule has 7 nitrogen and oxygen atoms in total. The molecule has 4 aromatic rings. The van der Waals surface area contributed by atoms with Gasteiger partial charge in [0, 0.05) is 42.7 Å². The first-order valence-electron chi connectivity index (χ1n) is 13.4. The van der Waals surface area contributed by atoms with Gasteiger partial charge in [-0.15, -0.1) is 5.10 Å². The highest BCUT2D eigenvalue weighted by atomic mass is 35.5. The standard InChI is InChI=1S/C31H33ClN4O3/c1-18-23(9-11-27-30(18)33-34-35(27)4)24(15-29(37)38)20-6-5-19-7-10-26(25(19)14-20)36-16-21-13-22(32)8-12-28(21)39-31(2,3)17-36/h5-6,8-9,11-14,24,26H,7,10,15-17H2,1-4H3,(H,37,38). The van der Waals surface area contributed by atoms with Crippen LogP contribution >= 0.6 is 11.6 Å². The van der Waals surface area contributed by atoms with Gasteiger partial charge in [0.25, 0.3) is 0 Å². The van der Waals surface area contributed by atoms with Gasteiger partial charge in [-0.25, -0.2) is 4.68 Å². The van der Waals surface area contributed by atoms with Crippen molar-refractivity contribution < 1.29 is 14.6 Å². The predicted octanol–water partition coefficient (Wildman–Crippen LogP) is 6.20. The summed E-state index contributed by atoms with van der Waals surface area (Å²) in [5, 5.41) is 19.1. The molecular weight excluding hydrogens is 512 g/mol. The minimum absolute atomic E-state index is 0.00647. The van der Waals surface area contributed by atoms with Crippen molar-refractivity contribution in [1.29, 1.82) is 0 Å². The zero-order valence-corrected chi connectivity index (χ0v) is 23.5. The SMILES string of the molecule is Cc1c(C(CC(=O)O)c2ccc3c(c2)C(N2Cc4cc(Cl)ccc4OC(C)(C)C2)CC3)ccc2c1nnn2C. The van der Waals surface area contributed by atoms with E-state index in [0.717, 1.165) is 65.0 Å². The van der Waals surface area contributed by atoms with Gasteiger partial charge in [0.05, 0.1) is 11.9 Å². The molecule has 1 aliphatic heterocycles. The lowest BCUT2D eigenvalue weighted by molar-refractivity contribution is -0.137. The summed E-state index contributed by atoms with van der Waals surface area (Å²) in [5.74, 6) is -0.227. The van der Waals surface area contributed by atoms with Gasteiger partial charge in [-0.2, -0.15) is 0 Å².